The Morgan fingerprint density at radius 1 is 0.391 bits per heavy atom. The van der Waals surface area contributed by atoms with Gasteiger partial charge in [-0.05, 0) is 221 Å². The van der Waals surface area contributed by atoms with Gasteiger partial charge in [0.15, 0.2) is 5.78 Å². The lowest BCUT2D eigenvalue weighted by Gasteiger charge is -2.30. The number of nitrogens with zero attached hydrogens (tertiary/aromatic N) is 12. The van der Waals surface area contributed by atoms with Crippen LogP contribution in [-0.2, 0) is 37.5 Å². The first kappa shape index (κ1) is 94.2. The monoisotopic (exact) mass is 1870 g/mol. The number of amides is 1. The molecule has 21 rings (SSSR count). The molecule has 16 aromatic rings. The third-order valence-corrected chi connectivity index (χ3v) is 28.2. The van der Waals surface area contributed by atoms with Gasteiger partial charge in [-0.1, -0.05) is 134 Å². The molecule has 4 aromatic carbocycles. The Kier molecular flexibility index (Phi) is 26.5. The van der Waals surface area contributed by atoms with Crippen LogP contribution in [0.1, 0.15) is 223 Å². The van der Waals surface area contributed by atoms with Crippen molar-refractivity contribution in [2.75, 3.05) is 13.7 Å². The van der Waals surface area contributed by atoms with Gasteiger partial charge in [0, 0.05) is 128 Å². The molecule has 3 N–H and O–H groups in total. The van der Waals surface area contributed by atoms with Gasteiger partial charge in [-0.15, -0.1) is 0 Å². The van der Waals surface area contributed by atoms with E-state index >= 15 is 17.6 Å². The first-order valence-electron chi connectivity index (χ1n) is 47.6. The number of rotatable bonds is 22. The number of hydrogen-bond acceptors (Lipinski definition) is 18. The van der Waals surface area contributed by atoms with Crippen LogP contribution in [0.2, 0.25) is 0 Å². The van der Waals surface area contributed by atoms with Crippen molar-refractivity contribution in [3.05, 3.63) is 226 Å². The first-order chi connectivity index (χ1) is 66.3. The number of halogens is 4. The van der Waals surface area contributed by atoms with Crippen LogP contribution in [0, 0.1) is 62.3 Å². The number of carboxylic acid groups (broad SMARTS) is 2. The largest absolute Gasteiger partial charge is 0.496 e. The molecule has 4 fully saturated rings. The van der Waals surface area contributed by atoms with Crippen LogP contribution in [0.4, 0.5) is 17.6 Å². The normalized spacial score (nSPS) is 15.9. The number of carbonyl (C=O) groups excluding carboxylic acids is 2. The standard InChI is InChI=1S/C28H30FN3O3.C27H27FN4O2.C27H28FN3O4.C27H28FN3O3/c1-18(33)16-34-23-9-7-21(8-10-23)24-15-32(17-28(29)11-5-4-6-12-28)25-13-22(14-30-27(24)25)26-19(2)31-35-20(26)3;1-16-24(17(2)34-31-16)20-11-23-25(29-13-20)22(14-32(23)15-27(28)8-4-3-5-9-27)18-6-7-21-19(10-18)12-30-26(21)33;1-16-24(17(2)35-30-16)19-11-22-25(29-13-19)21(14-31(22)15-27(28)9-5-4-6-10-27)18-7-8-20(26(32)33)23(12-18)34-3;1-16-11-19(7-8-21(16)26(32)33)22-14-31(15-27(28)9-5-4-6-10-27)23-12-20(13-29-25(22)23)24-17(2)30-34-18(24)3/h7-10,13-15H,4-6,11-12,16-17H2,1-3H3;6-7,10-11,13-14H,3-5,8-9,12,15H2,1-2H3,(H,30,33);7-8,11-14H,4-6,9-10,15H2,1-3H3,(H,32,33);7-8,11-14H,4-6,9-10,15H2,1-3H3,(H,32,33). The molecule has 0 bridgehead atoms. The number of methoxy groups -OCH3 is 1. The highest BCUT2D eigenvalue weighted by atomic mass is 19.2. The van der Waals surface area contributed by atoms with E-state index in [0.29, 0.717) is 105 Å². The average Bonchev–Trinajstić information content (AvgIpc) is 1.62. The predicted molar refractivity (Wildman–Crippen MR) is 521 cm³/mol. The number of aromatic nitrogens is 12. The molecule has 0 radical (unpaired) electrons. The summed E-state index contributed by atoms with van der Waals surface area (Å²) < 4.78 is 103. The molecule has 138 heavy (non-hydrogen) atoms. The minimum atomic E-state index is -1.27. The van der Waals surface area contributed by atoms with Gasteiger partial charge in [0.25, 0.3) is 5.91 Å². The molecule has 4 saturated carbocycles. The van der Waals surface area contributed by atoms with E-state index in [1.54, 1.807) is 43.6 Å². The number of pyridine rings is 4. The summed E-state index contributed by atoms with van der Waals surface area (Å²) in [6.45, 7) is 20.1. The van der Waals surface area contributed by atoms with Gasteiger partial charge in [-0.25, -0.2) is 27.2 Å². The van der Waals surface area contributed by atoms with Crippen LogP contribution in [0.15, 0.2) is 171 Å². The Morgan fingerprint density at radius 2 is 0.703 bits per heavy atom. The first-order valence-corrected chi connectivity index (χ1v) is 47.6. The van der Waals surface area contributed by atoms with E-state index in [-0.39, 0.29) is 48.3 Å². The van der Waals surface area contributed by atoms with E-state index in [0.717, 1.165) is 245 Å². The highest BCUT2D eigenvalue weighted by Crippen LogP contribution is 2.47. The molecule has 29 heteroatoms. The molecule has 714 valence electrons. The zero-order chi connectivity index (χ0) is 96.8. The molecular formula is C109H113F4N13O12. The molecule has 12 aromatic heterocycles. The molecule has 1 amide bonds. The second kappa shape index (κ2) is 38.8. The van der Waals surface area contributed by atoms with Gasteiger partial charge in [-0.2, -0.15) is 0 Å². The van der Waals surface area contributed by atoms with Crippen molar-refractivity contribution in [3.63, 3.8) is 0 Å². The zero-order valence-electron chi connectivity index (χ0n) is 79.7. The fraction of sp³-hybridized carbons (Fsp3) is 0.376. The topological polar surface area (TPSA) is 315 Å². The van der Waals surface area contributed by atoms with Crippen molar-refractivity contribution in [1.82, 2.24) is 64.1 Å². The second-order valence-electron chi connectivity index (χ2n) is 38.3. The fourth-order valence-corrected chi connectivity index (χ4v) is 21.2. The minimum absolute atomic E-state index is 0.0293. The van der Waals surface area contributed by atoms with Gasteiger partial charge < -0.3 is 61.4 Å². The number of hydrogen-bond donors (Lipinski definition) is 3. The number of alkyl halides is 4. The molecule has 5 aliphatic rings. The Hall–Kier alpha value is -14.1. The number of benzene rings is 4. The van der Waals surface area contributed by atoms with Crippen LogP contribution in [0.3, 0.4) is 0 Å². The number of Topliss-reactive ketones (excluding diaryl/α,β-unsaturated/α-hetero) is 1. The number of ether oxygens (including phenoxy) is 2. The predicted octanol–water partition coefficient (Wildman–Crippen LogP) is 25.5. The maximum absolute atomic E-state index is 15.8. The molecule has 1 aliphatic heterocycles. The number of carbonyl (C=O) groups is 4. The van der Waals surface area contributed by atoms with E-state index in [9.17, 15) is 29.4 Å². The van der Waals surface area contributed by atoms with Crippen molar-refractivity contribution >= 4 is 67.8 Å². The van der Waals surface area contributed by atoms with Gasteiger partial charge >= 0.3 is 11.9 Å². The van der Waals surface area contributed by atoms with Crippen molar-refractivity contribution in [2.24, 2.45) is 0 Å². The molecule has 0 saturated heterocycles. The molecule has 25 nitrogen and oxygen atoms in total. The summed E-state index contributed by atoms with van der Waals surface area (Å²) in [6.07, 6.45) is 31.3. The molecular weight excluding hydrogens is 1760 g/mol. The van der Waals surface area contributed by atoms with Crippen LogP contribution in [0.5, 0.6) is 11.5 Å². The van der Waals surface area contributed by atoms with Gasteiger partial charge in [0.1, 0.15) is 69.4 Å². The van der Waals surface area contributed by atoms with Crippen LogP contribution < -0.4 is 14.8 Å². The van der Waals surface area contributed by atoms with E-state index in [4.69, 9.17) is 47.5 Å². The Labute approximate surface area is 795 Å². The number of fused-ring (bicyclic) bond motifs is 5. The SMILES string of the molecule is CC(=O)COc1ccc(-c2cn(CC3(F)CCCCC3)c3cc(-c4c(C)noc4C)cnc23)cc1.COc1cc(-c2cn(CC3(F)CCCCC3)c3cc(-c4c(C)noc4C)cnc23)ccc1C(=O)O.Cc1cc(-c2cn(CC3(F)CCCCC3)c3cc(-c4c(C)noc4C)cnc23)ccc1C(=O)O.Cc1noc(C)c1-c1cnc2c(-c3ccc4c(c3)CNC4=O)cn(CC3(F)CCCCC3)c2c1. The highest BCUT2D eigenvalue weighted by Gasteiger charge is 2.39. The Bertz CT molecular complexity index is 7240. The number of nitrogens with one attached hydrogen (secondary N) is 1. The third kappa shape index (κ3) is 19.4. The van der Waals surface area contributed by atoms with Gasteiger partial charge in [0.05, 0.1) is 106 Å². The van der Waals surface area contributed by atoms with E-state index in [1.807, 2.05) is 172 Å². The maximum atomic E-state index is 15.8. The van der Waals surface area contributed by atoms with Crippen molar-refractivity contribution < 1.29 is 74.5 Å². The maximum Gasteiger partial charge on any atom is 0.339 e. The Balaban J connectivity index is 0.000000122. The summed E-state index contributed by atoms with van der Waals surface area (Å²) in [7, 11) is 1.44. The molecule has 0 spiro atoms. The molecule has 13 heterocycles. The van der Waals surface area contributed by atoms with Gasteiger partial charge in [0.2, 0.25) is 0 Å². The highest BCUT2D eigenvalue weighted by molar-refractivity contribution is 6.03. The van der Waals surface area contributed by atoms with Crippen molar-refractivity contribution in [1.29, 1.82) is 0 Å². The molecule has 0 unspecified atom stereocenters. The summed E-state index contributed by atoms with van der Waals surface area (Å²) in [6, 6.07) is 31.9. The zero-order valence-corrected chi connectivity index (χ0v) is 79.7. The quantitative estimate of drug-likeness (QED) is 0.0531. The van der Waals surface area contributed by atoms with E-state index in [1.165, 1.54) is 20.1 Å². The van der Waals surface area contributed by atoms with Crippen LogP contribution in [-0.4, -0.2) is 129 Å². The van der Waals surface area contributed by atoms with Gasteiger partial charge in [-0.3, -0.25) is 29.5 Å². The average molecular weight is 1870 g/mol. The lowest BCUT2D eigenvalue weighted by molar-refractivity contribution is -0.118. The number of aromatic carboxylic acids is 2. The minimum Gasteiger partial charge on any atom is -0.496 e. The van der Waals surface area contributed by atoms with Crippen LogP contribution in [0.25, 0.3) is 133 Å². The molecule has 4 aliphatic carbocycles. The summed E-state index contributed by atoms with van der Waals surface area (Å²) in [5.41, 5.74) is 21.8. The summed E-state index contributed by atoms with van der Waals surface area (Å²) in [4.78, 5) is 65.5. The lowest BCUT2D eigenvalue weighted by Crippen LogP contribution is -2.31. The number of carboxylic acids is 2. The summed E-state index contributed by atoms with van der Waals surface area (Å²) in [5.74, 6) is 1.70. The summed E-state index contributed by atoms with van der Waals surface area (Å²) in [5, 5.41) is 38.0. The van der Waals surface area contributed by atoms with E-state index < -0.39 is 34.6 Å². The van der Waals surface area contributed by atoms with Crippen molar-refractivity contribution in [3.8, 4) is 101 Å². The fourth-order valence-electron chi connectivity index (χ4n) is 21.2. The molecule has 0 atom stereocenters. The number of ketones is 1. The van der Waals surface area contributed by atoms with E-state index in [2.05, 4.69) is 38.1 Å². The smallest absolute Gasteiger partial charge is 0.339 e. The van der Waals surface area contributed by atoms with Crippen molar-refractivity contribution in [2.45, 2.75) is 253 Å². The summed E-state index contributed by atoms with van der Waals surface area (Å²) >= 11 is 0. The Morgan fingerprint density at radius 3 is 1.01 bits per heavy atom. The third-order valence-electron chi connectivity index (χ3n) is 28.2. The number of aryl methyl sites for hydroxylation is 9. The lowest BCUT2D eigenvalue weighted by atomic mass is 9.86. The van der Waals surface area contributed by atoms with Crippen LogP contribution >= 0.6 is 0 Å². The second-order valence-corrected chi connectivity index (χ2v) is 38.3.